The van der Waals surface area contributed by atoms with Crippen molar-refractivity contribution in [2.45, 2.75) is 44.9 Å². The quantitative estimate of drug-likeness (QED) is 0.483. The van der Waals surface area contributed by atoms with Gasteiger partial charge in [0.2, 0.25) is 11.7 Å². The van der Waals surface area contributed by atoms with Gasteiger partial charge in [0, 0.05) is 36.6 Å². The molecule has 0 saturated heterocycles. The first kappa shape index (κ1) is 21.5. The third-order valence-electron chi connectivity index (χ3n) is 5.96. The Labute approximate surface area is 191 Å². The lowest BCUT2D eigenvalue weighted by Gasteiger charge is -2.16. The average Bonchev–Trinajstić information content (AvgIpc) is 3.54. The molecule has 11 heteroatoms. The number of fused-ring (bicyclic) bond motifs is 2. The summed E-state index contributed by atoms with van der Waals surface area (Å²) in [7, 11) is -4.06. The van der Waals surface area contributed by atoms with Gasteiger partial charge in [0.1, 0.15) is 0 Å². The van der Waals surface area contributed by atoms with E-state index in [9.17, 15) is 13.2 Å². The second-order valence-corrected chi connectivity index (χ2v) is 9.69. The smallest absolute Gasteiger partial charge is 0.333 e. The van der Waals surface area contributed by atoms with Gasteiger partial charge in [-0.2, -0.15) is 18.1 Å². The normalized spacial score (nSPS) is 14.7. The first-order valence-electron chi connectivity index (χ1n) is 11.0. The molecule has 0 fully saturated rings. The fourth-order valence-corrected chi connectivity index (χ4v) is 5.26. The Morgan fingerprint density at radius 3 is 2.55 bits per heavy atom. The number of urea groups is 1. The molecule has 0 radical (unpaired) electrons. The number of hydrogen-bond acceptors (Lipinski definition) is 7. The van der Waals surface area contributed by atoms with Crippen LogP contribution in [0.25, 0.3) is 11.4 Å². The fourth-order valence-electron chi connectivity index (χ4n) is 4.53. The monoisotopic (exact) mass is 468 g/mol. The zero-order valence-corrected chi connectivity index (χ0v) is 18.7. The molecule has 2 aromatic heterocycles. The highest BCUT2D eigenvalue weighted by atomic mass is 32.2. The molecule has 10 nitrogen and oxygen atoms in total. The van der Waals surface area contributed by atoms with Crippen LogP contribution in [0.4, 0.5) is 10.5 Å². The molecule has 2 aliphatic rings. The van der Waals surface area contributed by atoms with Crippen molar-refractivity contribution in [2.24, 2.45) is 0 Å². The third kappa shape index (κ3) is 4.74. The SMILES string of the molecule is O=C(Nc1c2c(cc3c1CCC3)CCC2)NS(=O)(=O)NCCc1nc(-c2cccnc2)no1. The highest BCUT2D eigenvalue weighted by Crippen LogP contribution is 2.38. The number of anilines is 1. The maximum absolute atomic E-state index is 12.5. The molecule has 33 heavy (non-hydrogen) atoms. The molecule has 0 bridgehead atoms. The Morgan fingerprint density at radius 1 is 1.09 bits per heavy atom. The number of nitrogens with one attached hydrogen (secondary N) is 3. The van der Waals surface area contributed by atoms with Crippen LogP contribution in [0.2, 0.25) is 0 Å². The lowest BCUT2D eigenvalue weighted by Crippen LogP contribution is -2.43. The first-order valence-corrected chi connectivity index (χ1v) is 12.4. The summed E-state index contributed by atoms with van der Waals surface area (Å²) in [5, 5.41) is 6.68. The summed E-state index contributed by atoms with van der Waals surface area (Å²) in [5.74, 6) is 0.651. The maximum Gasteiger partial charge on any atom is 0.333 e. The predicted molar refractivity (Wildman–Crippen MR) is 121 cm³/mol. The van der Waals surface area contributed by atoms with Crippen molar-refractivity contribution < 1.29 is 17.7 Å². The van der Waals surface area contributed by atoms with Gasteiger partial charge in [-0.25, -0.2) is 9.52 Å². The fraction of sp³-hybridized carbons (Fsp3) is 0.364. The molecule has 0 atom stereocenters. The molecular weight excluding hydrogens is 444 g/mol. The maximum atomic E-state index is 12.5. The Morgan fingerprint density at radius 2 is 1.85 bits per heavy atom. The van der Waals surface area contributed by atoms with E-state index in [-0.39, 0.29) is 18.9 Å². The van der Waals surface area contributed by atoms with E-state index in [0.29, 0.717) is 11.4 Å². The van der Waals surface area contributed by atoms with Gasteiger partial charge in [-0.05, 0) is 72.9 Å². The number of pyridine rings is 1. The molecule has 3 aromatic rings. The Kier molecular flexibility index (Phi) is 5.81. The number of amides is 2. The summed E-state index contributed by atoms with van der Waals surface area (Å²) in [6, 6.07) is 5.04. The molecule has 0 unspecified atom stereocenters. The zero-order valence-electron chi connectivity index (χ0n) is 17.9. The van der Waals surface area contributed by atoms with E-state index in [0.717, 1.165) is 55.3 Å². The second kappa shape index (κ2) is 8.91. The van der Waals surface area contributed by atoms with Gasteiger partial charge in [0.15, 0.2) is 0 Å². The summed E-state index contributed by atoms with van der Waals surface area (Å²) >= 11 is 0. The van der Waals surface area contributed by atoms with E-state index in [1.165, 1.54) is 11.1 Å². The van der Waals surface area contributed by atoms with Crippen LogP contribution < -0.4 is 14.8 Å². The number of rotatable bonds is 7. The number of carbonyl (C=O) groups is 1. The Hall–Kier alpha value is -3.31. The van der Waals surface area contributed by atoms with Crippen molar-refractivity contribution in [1.82, 2.24) is 24.6 Å². The van der Waals surface area contributed by atoms with Crippen molar-refractivity contribution in [3.63, 3.8) is 0 Å². The van der Waals surface area contributed by atoms with Gasteiger partial charge in [-0.15, -0.1) is 0 Å². The predicted octanol–water partition coefficient (Wildman–Crippen LogP) is 2.31. The second-order valence-electron chi connectivity index (χ2n) is 8.19. The van der Waals surface area contributed by atoms with E-state index in [1.807, 2.05) is 4.72 Å². The molecule has 5 rings (SSSR count). The van der Waals surface area contributed by atoms with Gasteiger partial charge in [0.05, 0.1) is 0 Å². The minimum atomic E-state index is -4.06. The van der Waals surface area contributed by atoms with Crippen LogP contribution in [-0.2, 0) is 42.3 Å². The van der Waals surface area contributed by atoms with Crippen LogP contribution >= 0.6 is 0 Å². The minimum absolute atomic E-state index is 0.00653. The third-order valence-corrected chi connectivity index (χ3v) is 7.00. The lowest BCUT2D eigenvalue weighted by atomic mass is 9.99. The molecule has 0 aliphatic heterocycles. The summed E-state index contributed by atoms with van der Waals surface area (Å²) < 4.78 is 34.2. The van der Waals surface area contributed by atoms with Crippen molar-refractivity contribution in [1.29, 1.82) is 0 Å². The highest BCUT2D eigenvalue weighted by Gasteiger charge is 2.26. The average molecular weight is 469 g/mol. The number of aryl methyl sites for hydroxylation is 2. The minimum Gasteiger partial charge on any atom is -0.339 e. The summed E-state index contributed by atoms with van der Waals surface area (Å²) in [5.41, 5.74) is 6.28. The number of aromatic nitrogens is 3. The van der Waals surface area contributed by atoms with Gasteiger partial charge < -0.3 is 9.84 Å². The van der Waals surface area contributed by atoms with Crippen molar-refractivity contribution in [3.05, 3.63) is 58.7 Å². The van der Waals surface area contributed by atoms with Crippen molar-refractivity contribution in [2.75, 3.05) is 11.9 Å². The van der Waals surface area contributed by atoms with Crippen LogP contribution in [-0.4, -0.2) is 36.1 Å². The molecule has 0 saturated carbocycles. The van der Waals surface area contributed by atoms with Crippen molar-refractivity contribution >= 4 is 21.9 Å². The molecular formula is C22H24N6O4S. The van der Waals surface area contributed by atoms with E-state index in [2.05, 4.69) is 31.2 Å². The van der Waals surface area contributed by atoms with Crippen molar-refractivity contribution in [3.8, 4) is 11.4 Å². The van der Waals surface area contributed by atoms with Crippen LogP contribution in [0, 0.1) is 0 Å². The topological polar surface area (TPSA) is 139 Å². The molecule has 1 aromatic carbocycles. The molecule has 2 aliphatic carbocycles. The van der Waals surface area contributed by atoms with E-state index < -0.39 is 16.2 Å². The largest absolute Gasteiger partial charge is 0.339 e. The number of hydrogen-bond donors (Lipinski definition) is 3. The molecule has 2 heterocycles. The van der Waals surface area contributed by atoms with Gasteiger partial charge >= 0.3 is 16.2 Å². The van der Waals surface area contributed by atoms with E-state index >= 15 is 0 Å². The molecule has 172 valence electrons. The van der Waals surface area contributed by atoms with E-state index in [4.69, 9.17) is 4.52 Å². The van der Waals surface area contributed by atoms with Gasteiger partial charge in [-0.1, -0.05) is 11.2 Å². The lowest BCUT2D eigenvalue weighted by molar-refractivity contribution is 0.256. The van der Waals surface area contributed by atoms with Crippen LogP contribution in [0.5, 0.6) is 0 Å². The first-order chi connectivity index (χ1) is 16.0. The zero-order chi connectivity index (χ0) is 22.8. The number of nitrogens with zero attached hydrogens (tertiary/aromatic N) is 3. The molecule has 0 spiro atoms. The van der Waals surface area contributed by atoms with Crippen LogP contribution in [0.3, 0.4) is 0 Å². The number of carbonyl (C=O) groups excluding carboxylic acids is 1. The Bertz CT molecular complexity index is 1260. The summed E-state index contributed by atoms with van der Waals surface area (Å²) in [6.07, 6.45) is 9.31. The summed E-state index contributed by atoms with van der Waals surface area (Å²) in [6.45, 7) is -0.00653. The molecule has 2 amide bonds. The van der Waals surface area contributed by atoms with Crippen LogP contribution in [0.1, 0.15) is 41.0 Å². The molecule has 3 N–H and O–H groups in total. The van der Waals surface area contributed by atoms with Gasteiger partial charge in [-0.3, -0.25) is 4.98 Å². The number of benzene rings is 1. The van der Waals surface area contributed by atoms with Crippen LogP contribution in [0.15, 0.2) is 35.1 Å². The van der Waals surface area contributed by atoms with Gasteiger partial charge in [0.25, 0.3) is 0 Å². The van der Waals surface area contributed by atoms with E-state index in [1.54, 1.807) is 24.5 Å². The standard InChI is InChI=1S/C22H24N6O4S/c29-22(26-20-17-7-1-4-14(17)12-15-5-2-8-18(15)20)28-33(30,31)24-11-9-19-25-21(27-32-19)16-6-3-10-23-13-16/h3,6,10,12-13,24H,1-2,4-5,7-9,11H2,(H2,26,28,29). The Balaban J connectivity index is 1.18. The highest BCUT2D eigenvalue weighted by molar-refractivity contribution is 7.88. The summed E-state index contributed by atoms with van der Waals surface area (Å²) in [4.78, 5) is 20.8.